The van der Waals surface area contributed by atoms with E-state index < -0.39 is 5.91 Å². The Hall–Kier alpha value is -2.87. The number of amides is 1. The first-order valence-corrected chi connectivity index (χ1v) is 9.33. The molecule has 0 aliphatic heterocycles. The van der Waals surface area contributed by atoms with Crippen molar-refractivity contribution in [2.75, 3.05) is 17.7 Å². The van der Waals surface area contributed by atoms with Gasteiger partial charge in [0, 0.05) is 4.90 Å². The van der Waals surface area contributed by atoms with E-state index in [1.807, 2.05) is 12.1 Å². The summed E-state index contributed by atoms with van der Waals surface area (Å²) in [5.41, 5.74) is 1.04. The summed E-state index contributed by atoms with van der Waals surface area (Å²) in [7, 11) is 0. The third-order valence-corrected chi connectivity index (χ3v) is 4.38. The highest BCUT2D eigenvalue weighted by molar-refractivity contribution is 7.99. The Balaban J connectivity index is 1.49. The van der Waals surface area contributed by atoms with Crippen molar-refractivity contribution >= 4 is 23.7 Å². The van der Waals surface area contributed by atoms with Gasteiger partial charge < -0.3 is 9.15 Å². The van der Waals surface area contributed by atoms with Crippen molar-refractivity contribution in [3.63, 3.8) is 0 Å². The van der Waals surface area contributed by atoms with E-state index in [0.717, 1.165) is 11.3 Å². The van der Waals surface area contributed by atoms with Gasteiger partial charge in [-0.15, -0.1) is 16.9 Å². The van der Waals surface area contributed by atoms with Crippen LogP contribution >= 0.6 is 11.8 Å². The molecule has 27 heavy (non-hydrogen) atoms. The van der Waals surface area contributed by atoms with Gasteiger partial charge in [-0.25, -0.2) is 4.39 Å². The normalized spacial score (nSPS) is 10.6. The van der Waals surface area contributed by atoms with Crippen molar-refractivity contribution in [3.05, 3.63) is 65.8 Å². The predicted octanol–water partition coefficient (Wildman–Crippen LogP) is 3.93. The van der Waals surface area contributed by atoms with Crippen molar-refractivity contribution < 1.29 is 18.3 Å². The van der Waals surface area contributed by atoms with E-state index in [2.05, 4.69) is 34.6 Å². The zero-order valence-corrected chi connectivity index (χ0v) is 15.5. The monoisotopic (exact) mass is 387 g/mol. The fourth-order valence-corrected chi connectivity index (χ4v) is 2.92. The van der Waals surface area contributed by atoms with Crippen LogP contribution in [0.25, 0.3) is 0 Å². The van der Waals surface area contributed by atoms with E-state index >= 15 is 0 Å². The number of benzene rings is 2. The van der Waals surface area contributed by atoms with Crippen LogP contribution in [0.15, 0.2) is 57.8 Å². The first kappa shape index (κ1) is 18.9. The summed E-state index contributed by atoms with van der Waals surface area (Å²) in [4.78, 5) is 13.1. The van der Waals surface area contributed by atoms with E-state index in [1.54, 1.807) is 11.8 Å². The van der Waals surface area contributed by atoms with Crippen LogP contribution in [0.4, 0.5) is 10.4 Å². The Morgan fingerprint density at radius 2 is 1.89 bits per heavy atom. The fourth-order valence-electron chi connectivity index (χ4n) is 2.26. The summed E-state index contributed by atoms with van der Waals surface area (Å²) in [6.45, 7) is 1.86. The Morgan fingerprint density at radius 1 is 1.15 bits per heavy atom. The standard InChI is InChI=1S/C19H18FN3O3S/c1-2-27-16-9-3-13(4-10-16)11-18-22-23-19(26-18)21-17(24)12-25-15-7-5-14(20)6-8-15/h3-10H,2,11-12H2,1H3,(H,21,23,24). The summed E-state index contributed by atoms with van der Waals surface area (Å²) in [5, 5.41) is 10.2. The van der Waals surface area contributed by atoms with Crippen molar-refractivity contribution in [2.24, 2.45) is 0 Å². The second kappa shape index (κ2) is 9.18. The van der Waals surface area contributed by atoms with Crippen LogP contribution in [-0.4, -0.2) is 28.5 Å². The molecule has 0 saturated heterocycles. The molecule has 0 aliphatic carbocycles. The lowest BCUT2D eigenvalue weighted by atomic mass is 10.1. The second-order valence-electron chi connectivity index (χ2n) is 5.55. The molecule has 140 valence electrons. The van der Waals surface area contributed by atoms with Crippen LogP contribution < -0.4 is 10.1 Å². The molecule has 1 aromatic heterocycles. The highest BCUT2D eigenvalue weighted by Gasteiger charge is 2.11. The molecule has 3 aromatic rings. The molecule has 0 atom stereocenters. The summed E-state index contributed by atoms with van der Waals surface area (Å²) in [6.07, 6.45) is 0.478. The maximum Gasteiger partial charge on any atom is 0.322 e. The molecule has 2 aromatic carbocycles. The van der Waals surface area contributed by atoms with E-state index in [4.69, 9.17) is 9.15 Å². The van der Waals surface area contributed by atoms with Crippen molar-refractivity contribution in [2.45, 2.75) is 18.2 Å². The van der Waals surface area contributed by atoms with E-state index in [-0.39, 0.29) is 18.4 Å². The van der Waals surface area contributed by atoms with Gasteiger partial charge in [-0.05, 0) is 47.7 Å². The van der Waals surface area contributed by atoms with E-state index in [9.17, 15) is 9.18 Å². The molecule has 1 heterocycles. The molecule has 8 heteroatoms. The van der Waals surface area contributed by atoms with Crippen molar-refractivity contribution in [1.82, 2.24) is 10.2 Å². The molecular weight excluding hydrogens is 369 g/mol. The van der Waals surface area contributed by atoms with Crippen LogP contribution in [0.5, 0.6) is 5.75 Å². The number of hydrogen-bond acceptors (Lipinski definition) is 6. The minimum absolute atomic E-state index is 0.0101. The van der Waals surface area contributed by atoms with Gasteiger partial charge in [-0.1, -0.05) is 24.2 Å². The SMILES string of the molecule is CCSc1ccc(Cc2nnc(NC(=O)COc3ccc(F)cc3)o2)cc1. The third kappa shape index (κ3) is 5.82. The van der Waals surface area contributed by atoms with E-state index in [1.165, 1.54) is 29.2 Å². The molecule has 6 nitrogen and oxygen atoms in total. The molecule has 0 saturated carbocycles. The van der Waals surface area contributed by atoms with Gasteiger partial charge in [0.05, 0.1) is 6.42 Å². The quantitative estimate of drug-likeness (QED) is 0.590. The lowest BCUT2D eigenvalue weighted by Crippen LogP contribution is -2.20. The Kier molecular flexibility index (Phi) is 6.43. The minimum Gasteiger partial charge on any atom is -0.484 e. The zero-order valence-electron chi connectivity index (χ0n) is 14.6. The van der Waals surface area contributed by atoms with Crippen LogP contribution in [0.1, 0.15) is 18.4 Å². The van der Waals surface area contributed by atoms with Crippen LogP contribution in [0.3, 0.4) is 0 Å². The van der Waals surface area contributed by atoms with E-state index in [0.29, 0.717) is 18.1 Å². The van der Waals surface area contributed by atoms with Gasteiger partial charge in [-0.2, -0.15) is 0 Å². The maximum atomic E-state index is 12.8. The Labute approximate surface area is 160 Å². The van der Waals surface area contributed by atoms with Crippen LogP contribution in [-0.2, 0) is 11.2 Å². The predicted molar refractivity (Wildman–Crippen MR) is 100 cm³/mol. The number of anilines is 1. The van der Waals surface area contributed by atoms with Gasteiger partial charge in [0.15, 0.2) is 6.61 Å². The molecule has 0 bridgehead atoms. The van der Waals surface area contributed by atoms with Crippen molar-refractivity contribution in [3.8, 4) is 5.75 Å². The number of hydrogen-bond donors (Lipinski definition) is 1. The Morgan fingerprint density at radius 3 is 2.59 bits per heavy atom. The number of carbonyl (C=O) groups excluding carboxylic acids is 1. The smallest absolute Gasteiger partial charge is 0.322 e. The lowest BCUT2D eigenvalue weighted by molar-refractivity contribution is -0.118. The molecule has 1 amide bonds. The van der Waals surface area contributed by atoms with Crippen molar-refractivity contribution in [1.29, 1.82) is 0 Å². The average Bonchev–Trinajstić information content (AvgIpc) is 3.10. The summed E-state index contributed by atoms with van der Waals surface area (Å²) in [6, 6.07) is 13.5. The number of thioether (sulfide) groups is 1. The highest BCUT2D eigenvalue weighted by atomic mass is 32.2. The van der Waals surface area contributed by atoms with Gasteiger partial charge in [0.2, 0.25) is 5.89 Å². The van der Waals surface area contributed by atoms with Gasteiger partial charge >= 0.3 is 6.01 Å². The number of aromatic nitrogens is 2. The molecule has 0 spiro atoms. The molecule has 0 radical (unpaired) electrons. The summed E-state index contributed by atoms with van der Waals surface area (Å²) in [5.74, 6) is 0.999. The third-order valence-electron chi connectivity index (χ3n) is 3.49. The minimum atomic E-state index is -0.449. The van der Waals surface area contributed by atoms with Crippen LogP contribution in [0.2, 0.25) is 0 Å². The number of nitrogens with zero attached hydrogens (tertiary/aromatic N) is 2. The number of halogens is 1. The average molecular weight is 387 g/mol. The van der Waals surface area contributed by atoms with Crippen LogP contribution in [0, 0.1) is 5.82 Å². The molecule has 3 rings (SSSR count). The van der Waals surface area contributed by atoms with Gasteiger partial charge in [-0.3, -0.25) is 10.1 Å². The zero-order chi connectivity index (χ0) is 19.1. The summed E-state index contributed by atoms with van der Waals surface area (Å²) < 4.78 is 23.5. The molecule has 1 N–H and O–H groups in total. The largest absolute Gasteiger partial charge is 0.484 e. The topological polar surface area (TPSA) is 77.2 Å². The number of rotatable bonds is 8. The van der Waals surface area contributed by atoms with Gasteiger partial charge in [0.1, 0.15) is 11.6 Å². The Bertz CT molecular complexity index is 882. The first-order chi connectivity index (χ1) is 13.1. The summed E-state index contributed by atoms with van der Waals surface area (Å²) >= 11 is 1.78. The van der Waals surface area contributed by atoms with Gasteiger partial charge in [0.25, 0.3) is 5.91 Å². The molecule has 0 unspecified atom stereocenters. The number of nitrogens with one attached hydrogen (secondary N) is 1. The molecule has 0 fully saturated rings. The second-order valence-corrected chi connectivity index (χ2v) is 6.88. The fraction of sp³-hybridized carbons (Fsp3) is 0.211. The molecule has 0 aliphatic rings. The highest BCUT2D eigenvalue weighted by Crippen LogP contribution is 2.19. The number of carbonyl (C=O) groups is 1. The maximum absolute atomic E-state index is 12.8. The lowest BCUT2D eigenvalue weighted by Gasteiger charge is -2.04. The number of ether oxygens (including phenoxy) is 1. The molecular formula is C19H18FN3O3S. The first-order valence-electron chi connectivity index (χ1n) is 8.34.